The number of rotatable bonds is 2. The third kappa shape index (κ3) is 2.49. The van der Waals surface area contributed by atoms with Crippen LogP contribution in [0.1, 0.15) is 5.56 Å². The number of fused-ring (bicyclic) bond motifs is 1. The van der Waals surface area contributed by atoms with E-state index >= 15 is 0 Å². The Labute approximate surface area is 120 Å². The summed E-state index contributed by atoms with van der Waals surface area (Å²) in [6.45, 7) is 0.946. The molecule has 4 heteroatoms. The minimum atomic E-state index is 0.0960. The van der Waals surface area contributed by atoms with Gasteiger partial charge in [0.1, 0.15) is 0 Å². The number of nitrogens with one attached hydrogen (secondary N) is 1. The number of hydrogen-bond acceptors (Lipinski definition) is 2. The lowest BCUT2D eigenvalue weighted by molar-refractivity contribution is -0.117. The number of hydrogen-bond donors (Lipinski definition) is 1. The molecule has 1 N–H and O–H groups in total. The first-order valence-electron chi connectivity index (χ1n) is 6.12. The van der Waals surface area contributed by atoms with Gasteiger partial charge in [0.05, 0.1) is 24.5 Å². The van der Waals surface area contributed by atoms with Crippen LogP contribution >= 0.6 is 15.9 Å². The Balaban J connectivity index is 1.94. The SMILES string of the molecule is O=C1CNc2ccccc2N1Cc1cccc(Br)c1. The monoisotopic (exact) mass is 316 g/mol. The number of halogens is 1. The summed E-state index contributed by atoms with van der Waals surface area (Å²) in [5.41, 5.74) is 3.07. The molecule has 3 nitrogen and oxygen atoms in total. The van der Waals surface area contributed by atoms with E-state index in [0.29, 0.717) is 13.1 Å². The van der Waals surface area contributed by atoms with Crippen LogP contribution in [0.5, 0.6) is 0 Å². The molecular weight excluding hydrogens is 304 g/mol. The van der Waals surface area contributed by atoms with E-state index in [0.717, 1.165) is 21.4 Å². The Morgan fingerprint density at radius 1 is 1.16 bits per heavy atom. The van der Waals surface area contributed by atoms with Crippen molar-refractivity contribution in [2.24, 2.45) is 0 Å². The maximum atomic E-state index is 12.1. The van der Waals surface area contributed by atoms with E-state index in [2.05, 4.69) is 21.2 Å². The molecule has 1 heterocycles. The first-order chi connectivity index (χ1) is 9.24. The number of benzene rings is 2. The molecule has 0 saturated heterocycles. The average Bonchev–Trinajstić information content (AvgIpc) is 2.42. The van der Waals surface area contributed by atoms with Crippen molar-refractivity contribution in [1.29, 1.82) is 0 Å². The average molecular weight is 317 g/mol. The Morgan fingerprint density at radius 3 is 2.84 bits per heavy atom. The van der Waals surface area contributed by atoms with Gasteiger partial charge in [-0.15, -0.1) is 0 Å². The van der Waals surface area contributed by atoms with E-state index < -0.39 is 0 Å². The molecule has 0 saturated carbocycles. The van der Waals surface area contributed by atoms with Crippen LogP contribution in [0, 0.1) is 0 Å². The highest BCUT2D eigenvalue weighted by molar-refractivity contribution is 9.10. The van der Waals surface area contributed by atoms with Crippen LogP contribution in [0.4, 0.5) is 11.4 Å². The second-order valence-corrected chi connectivity index (χ2v) is 5.40. The molecule has 1 aliphatic rings. The van der Waals surface area contributed by atoms with Gasteiger partial charge in [-0.2, -0.15) is 0 Å². The Kier molecular flexibility index (Phi) is 3.25. The lowest BCUT2D eigenvalue weighted by atomic mass is 10.1. The maximum absolute atomic E-state index is 12.1. The summed E-state index contributed by atoms with van der Waals surface area (Å²) in [6.07, 6.45) is 0. The number of carbonyl (C=O) groups is 1. The standard InChI is InChI=1S/C15H13BrN2O/c16-12-5-3-4-11(8-12)10-18-14-7-2-1-6-13(14)17-9-15(18)19/h1-8,17H,9-10H2. The summed E-state index contributed by atoms with van der Waals surface area (Å²) in [6, 6.07) is 15.9. The fourth-order valence-corrected chi connectivity index (χ4v) is 2.70. The lowest BCUT2D eigenvalue weighted by Crippen LogP contribution is -2.39. The van der Waals surface area contributed by atoms with E-state index in [1.807, 2.05) is 53.4 Å². The third-order valence-electron chi connectivity index (χ3n) is 3.16. The normalized spacial score (nSPS) is 13.9. The zero-order chi connectivity index (χ0) is 13.2. The number of anilines is 2. The van der Waals surface area contributed by atoms with Gasteiger partial charge in [-0.05, 0) is 29.8 Å². The number of para-hydroxylation sites is 2. The van der Waals surface area contributed by atoms with Crippen molar-refractivity contribution < 1.29 is 4.79 Å². The lowest BCUT2D eigenvalue weighted by Gasteiger charge is -2.30. The summed E-state index contributed by atoms with van der Waals surface area (Å²) < 4.78 is 1.03. The van der Waals surface area contributed by atoms with Crippen LogP contribution in [0.3, 0.4) is 0 Å². The fourth-order valence-electron chi connectivity index (χ4n) is 2.25. The molecule has 3 rings (SSSR count). The second kappa shape index (κ2) is 5.05. The van der Waals surface area contributed by atoms with Gasteiger partial charge in [0.15, 0.2) is 0 Å². The molecule has 0 aromatic heterocycles. The van der Waals surface area contributed by atoms with Crippen molar-refractivity contribution >= 4 is 33.2 Å². The molecule has 0 unspecified atom stereocenters. The molecule has 2 aromatic carbocycles. The van der Waals surface area contributed by atoms with E-state index in [4.69, 9.17) is 0 Å². The molecule has 0 bridgehead atoms. The maximum Gasteiger partial charge on any atom is 0.246 e. The minimum Gasteiger partial charge on any atom is -0.374 e. The number of carbonyl (C=O) groups excluding carboxylic acids is 1. The minimum absolute atomic E-state index is 0.0960. The first-order valence-corrected chi connectivity index (χ1v) is 6.91. The van der Waals surface area contributed by atoms with Crippen molar-refractivity contribution in [1.82, 2.24) is 0 Å². The van der Waals surface area contributed by atoms with Crippen molar-refractivity contribution in [2.75, 3.05) is 16.8 Å². The zero-order valence-electron chi connectivity index (χ0n) is 10.3. The van der Waals surface area contributed by atoms with Gasteiger partial charge in [-0.25, -0.2) is 0 Å². The molecule has 1 amide bonds. The van der Waals surface area contributed by atoms with Crippen LogP contribution in [0.15, 0.2) is 53.0 Å². The fraction of sp³-hybridized carbons (Fsp3) is 0.133. The summed E-state index contributed by atoms with van der Waals surface area (Å²) >= 11 is 3.46. The molecule has 19 heavy (non-hydrogen) atoms. The van der Waals surface area contributed by atoms with Gasteiger partial charge in [0.25, 0.3) is 0 Å². The second-order valence-electron chi connectivity index (χ2n) is 4.48. The van der Waals surface area contributed by atoms with Gasteiger partial charge < -0.3 is 10.2 Å². The van der Waals surface area contributed by atoms with Gasteiger partial charge in [0.2, 0.25) is 5.91 Å². The van der Waals surface area contributed by atoms with Gasteiger partial charge in [-0.1, -0.05) is 40.2 Å². The summed E-state index contributed by atoms with van der Waals surface area (Å²) in [5.74, 6) is 0.0960. The van der Waals surface area contributed by atoms with Gasteiger partial charge >= 0.3 is 0 Å². The first kappa shape index (κ1) is 12.2. The quantitative estimate of drug-likeness (QED) is 0.921. The molecule has 0 radical (unpaired) electrons. The molecular formula is C15H13BrN2O. The van der Waals surface area contributed by atoms with E-state index in [-0.39, 0.29) is 5.91 Å². The largest absolute Gasteiger partial charge is 0.374 e. The van der Waals surface area contributed by atoms with Crippen molar-refractivity contribution in [3.05, 3.63) is 58.6 Å². The van der Waals surface area contributed by atoms with Crippen LogP contribution in [-0.4, -0.2) is 12.5 Å². The topological polar surface area (TPSA) is 32.3 Å². The van der Waals surface area contributed by atoms with Crippen molar-refractivity contribution in [3.8, 4) is 0 Å². The Bertz CT molecular complexity index is 627. The van der Waals surface area contributed by atoms with E-state index in [1.54, 1.807) is 0 Å². The van der Waals surface area contributed by atoms with Crippen molar-refractivity contribution in [3.63, 3.8) is 0 Å². The predicted molar refractivity (Wildman–Crippen MR) is 80.3 cm³/mol. The Morgan fingerprint density at radius 2 is 2.00 bits per heavy atom. The summed E-state index contributed by atoms with van der Waals surface area (Å²) in [4.78, 5) is 13.9. The predicted octanol–water partition coefficient (Wildman–Crippen LogP) is 3.41. The molecule has 96 valence electrons. The smallest absolute Gasteiger partial charge is 0.246 e. The highest BCUT2D eigenvalue weighted by Crippen LogP contribution is 2.30. The van der Waals surface area contributed by atoms with E-state index in [9.17, 15) is 4.79 Å². The molecule has 0 aliphatic carbocycles. The molecule has 2 aromatic rings. The van der Waals surface area contributed by atoms with E-state index in [1.165, 1.54) is 0 Å². The molecule has 0 spiro atoms. The van der Waals surface area contributed by atoms with Crippen LogP contribution in [0.2, 0.25) is 0 Å². The zero-order valence-corrected chi connectivity index (χ0v) is 11.9. The van der Waals surface area contributed by atoms with Gasteiger partial charge in [0, 0.05) is 4.47 Å². The molecule has 1 aliphatic heterocycles. The van der Waals surface area contributed by atoms with Gasteiger partial charge in [-0.3, -0.25) is 4.79 Å². The van der Waals surface area contributed by atoms with Crippen LogP contribution in [-0.2, 0) is 11.3 Å². The number of nitrogens with zero attached hydrogens (tertiary/aromatic N) is 1. The number of amides is 1. The van der Waals surface area contributed by atoms with Crippen molar-refractivity contribution in [2.45, 2.75) is 6.54 Å². The molecule has 0 fully saturated rings. The summed E-state index contributed by atoms with van der Waals surface area (Å²) in [7, 11) is 0. The van der Waals surface area contributed by atoms with Crippen LogP contribution < -0.4 is 10.2 Å². The highest BCUT2D eigenvalue weighted by atomic mass is 79.9. The molecule has 0 atom stereocenters. The third-order valence-corrected chi connectivity index (χ3v) is 3.65. The summed E-state index contributed by atoms with van der Waals surface area (Å²) in [5, 5.41) is 3.14. The Hall–Kier alpha value is -1.81. The van der Waals surface area contributed by atoms with Crippen LogP contribution in [0.25, 0.3) is 0 Å². The highest BCUT2D eigenvalue weighted by Gasteiger charge is 2.23.